The van der Waals surface area contributed by atoms with Crippen molar-refractivity contribution >= 4 is 27.5 Å². The third-order valence-electron chi connectivity index (χ3n) is 6.86. The summed E-state index contributed by atoms with van der Waals surface area (Å²) in [6.07, 6.45) is 4.12. The highest BCUT2D eigenvalue weighted by atomic mass is 79.9. The van der Waals surface area contributed by atoms with Crippen molar-refractivity contribution in [2.45, 2.75) is 40.0 Å². The van der Waals surface area contributed by atoms with Gasteiger partial charge < -0.3 is 9.84 Å². The van der Waals surface area contributed by atoms with Gasteiger partial charge in [0.1, 0.15) is 0 Å². The standard InChI is InChI=1S/C23H25BrO4/c1-7-14-8-9-22(4)20(26)12(2)13(3)21(27)23(22,5)18(14)16-10-15(24)11-17(28-6)19(16)25/h7-8,10-11,18,25H,1,9H2,2-6H3. The lowest BCUT2D eigenvalue weighted by molar-refractivity contribution is -0.147. The van der Waals surface area contributed by atoms with Crippen molar-refractivity contribution in [3.8, 4) is 11.5 Å². The van der Waals surface area contributed by atoms with Gasteiger partial charge in [-0.3, -0.25) is 9.59 Å². The molecule has 0 fully saturated rings. The first-order valence-electron chi connectivity index (χ1n) is 9.20. The predicted octanol–water partition coefficient (Wildman–Crippen LogP) is 5.26. The Balaban J connectivity index is 2.40. The van der Waals surface area contributed by atoms with Gasteiger partial charge in [0.05, 0.1) is 12.5 Å². The average Bonchev–Trinajstić information content (AvgIpc) is 2.68. The summed E-state index contributed by atoms with van der Waals surface area (Å²) in [4.78, 5) is 27.0. The molecule has 1 aromatic carbocycles. The van der Waals surface area contributed by atoms with Crippen LogP contribution in [0.2, 0.25) is 0 Å². The molecule has 3 atom stereocenters. The largest absolute Gasteiger partial charge is 0.504 e. The van der Waals surface area contributed by atoms with Crippen LogP contribution in [0.15, 0.2) is 52.1 Å². The van der Waals surface area contributed by atoms with Gasteiger partial charge in [0.2, 0.25) is 0 Å². The van der Waals surface area contributed by atoms with Gasteiger partial charge in [-0.25, -0.2) is 0 Å². The molecule has 148 valence electrons. The van der Waals surface area contributed by atoms with Crippen LogP contribution in [0.1, 0.15) is 45.6 Å². The molecule has 5 heteroatoms. The quantitative estimate of drug-likeness (QED) is 0.689. The summed E-state index contributed by atoms with van der Waals surface area (Å²) in [7, 11) is 1.48. The third-order valence-corrected chi connectivity index (χ3v) is 7.31. The van der Waals surface area contributed by atoms with Gasteiger partial charge in [-0.2, -0.15) is 0 Å². The van der Waals surface area contributed by atoms with Gasteiger partial charge in [-0.05, 0) is 49.1 Å². The highest BCUT2D eigenvalue weighted by Gasteiger charge is 2.63. The Morgan fingerprint density at radius 1 is 1.21 bits per heavy atom. The number of rotatable bonds is 3. The van der Waals surface area contributed by atoms with Crippen molar-refractivity contribution < 1.29 is 19.4 Å². The van der Waals surface area contributed by atoms with E-state index in [9.17, 15) is 14.7 Å². The van der Waals surface area contributed by atoms with Crippen LogP contribution >= 0.6 is 15.9 Å². The van der Waals surface area contributed by atoms with Crippen molar-refractivity contribution in [1.82, 2.24) is 0 Å². The molecule has 0 bridgehead atoms. The number of ketones is 2. The van der Waals surface area contributed by atoms with E-state index < -0.39 is 16.7 Å². The van der Waals surface area contributed by atoms with Crippen molar-refractivity contribution in [2.24, 2.45) is 10.8 Å². The molecule has 3 unspecified atom stereocenters. The van der Waals surface area contributed by atoms with E-state index in [2.05, 4.69) is 22.5 Å². The van der Waals surface area contributed by atoms with Crippen LogP contribution in [-0.4, -0.2) is 23.8 Å². The second-order valence-corrected chi connectivity index (χ2v) is 8.95. The smallest absolute Gasteiger partial charge is 0.166 e. The Bertz CT molecular complexity index is 971. The van der Waals surface area contributed by atoms with E-state index in [0.29, 0.717) is 28.9 Å². The van der Waals surface area contributed by atoms with Crippen LogP contribution in [0.25, 0.3) is 0 Å². The van der Waals surface area contributed by atoms with E-state index in [-0.39, 0.29) is 17.3 Å². The molecule has 2 aliphatic rings. The summed E-state index contributed by atoms with van der Waals surface area (Å²) in [6.45, 7) is 11.1. The fourth-order valence-electron chi connectivity index (χ4n) is 4.82. The van der Waals surface area contributed by atoms with Crippen LogP contribution in [0, 0.1) is 10.8 Å². The summed E-state index contributed by atoms with van der Waals surface area (Å²) >= 11 is 3.47. The van der Waals surface area contributed by atoms with Crippen LogP contribution < -0.4 is 4.74 Å². The number of carbonyl (C=O) groups is 2. The number of fused-ring (bicyclic) bond motifs is 1. The molecule has 0 spiro atoms. The van der Waals surface area contributed by atoms with Gasteiger partial charge in [0.15, 0.2) is 23.1 Å². The molecular formula is C23H25BrO4. The number of Topliss-reactive ketones (excluding diaryl/α,β-unsaturated/α-hetero) is 2. The molecule has 0 radical (unpaired) electrons. The van der Waals surface area contributed by atoms with Crippen LogP contribution in [0.5, 0.6) is 11.5 Å². The van der Waals surface area contributed by atoms with E-state index in [4.69, 9.17) is 4.74 Å². The zero-order valence-corrected chi connectivity index (χ0v) is 18.4. The maximum Gasteiger partial charge on any atom is 0.166 e. The molecule has 2 aliphatic carbocycles. The number of ether oxygens (including phenoxy) is 1. The first-order valence-corrected chi connectivity index (χ1v) is 9.99. The number of hydrogen-bond acceptors (Lipinski definition) is 4. The molecule has 0 aromatic heterocycles. The van der Waals surface area contributed by atoms with Gasteiger partial charge in [-0.1, -0.05) is 48.5 Å². The summed E-state index contributed by atoms with van der Waals surface area (Å²) in [5, 5.41) is 10.9. The van der Waals surface area contributed by atoms with Crippen LogP contribution in [-0.2, 0) is 9.59 Å². The average molecular weight is 445 g/mol. The second-order valence-electron chi connectivity index (χ2n) is 8.03. The van der Waals surface area contributed by atoms with Gasteiger partial charge in [0, 0.05) is 21.4 Å². The zero-order valence-electron chi connectivity index (χ0n) is 16.9. The topological polar surface area (TPSA) is 63.6 Å². The lowest BCUT2D eigenvalue weighted by Gasteiger charge is -2.54. The Kier molecular flexibility index (Phi) is 4.95. The Morgan fingerprint density at radius 2 is 1.82 bits per heavy atom. The maximum absolute atomic E-state index is 13.6. The number of benzene rings is 1. The van der Waals surface area contributed by atoms with Crippen molar-refractivity contribution in [2.75, 3.05) is 7.11 Å². The molecular weight excluding hydrogens is 420 g/mol. The Labute approximate surface area is 174 Å². The SMILES string of the molecule is C=CC1=CCC2(C)C(=O)C(C)=C(C)C(=O)C2(C)C1c1cc(Br)cc(OC)c1O. The molecule has 0 heterocycles. The number of hydrogen-bond donors (Lipinski definition) is 1. The lowest BCUT2D eigenvalue weighted by atomic mass is 9.45. The van der Waals surface area contributed by atoms with Crippen LogP contribution in [0.4, 0.5) is 0 Å². The molecule has 0 saturated carbocycles. The molecule has 1 aromatic rings. The number of aromatic hydroxyl groups is 1. The first-order chi connectivity index (χ1) is 13.0. The first kappa shape index (κ1) is 20.6. The minimum atomic E-state index is -1.06. The minimum absolute atomic E-state index is 0.0158. The molecule has 28 heavy (non-hydrogen) atoms. The number of halogens is 1. The Morgan fingerprint density at radius 3 is 2.39 bits per heavy atom. The lowest BCUT2D eigenvalue weighted by Crippen LogP contribution is -2.57. The number of phenolic OH excluding ortho intramolecular Hbond substituents is 1. The highest BCUT2D eigenvalue weighted by molar-refractivity contribution is 9.10. The predicted molar refractivity (Wildman–Crippen MR) is 113 cm³/mol. The van der Waals surface area contributed by atoms with Crippen LogP contribution in [0.3, 0.4) is 0 Å². The van der Waals surface area contributed by atoms with E-state index in [0.717, 1.165) is 10.0 Å². The van der Waals surface area contributed by atoms with E-state index >= 15 is 0 Å². The highest BCUT2D eigenvalue weighted by Crippen LogP contribution is 2.63. The van der Waals surface area contributed by atoms with Gasteiger partial charge >= 0.3 is 0 Å². The molecule has 0 saturated heterocycles. The fraction of sp³-hybridized carbons (Fsp3) is 0.391. The number of methoxy groups -OCH3 is 1. The van der Waals surface area contributed by atoms with Gasteiger partial charge in [0.25, 0.3) is 0 Å². The third kappa shape index (κ3) is 2.48. The fourth-order valence-corrected chi connectivity index (χ4v) is 5.27. The van der Waals surface area contributed by atoms with E-state index in [1.165, 1.54) is 7.11 Å². The van der Waals surface area contributed by atoms with E-state index in [1.54, 1.807) is 32.1 Å². The Hall–Kier alpha value is -2.14. The minimum Gasteiger partial charge on any atom is -0.504 e. The number of allylic oxidation sites excluding steroid dienone is 5. The summed E-state index contributed by atoms with van der Waals surface area (Å²) in [5.74, 6) is -0.338. The molecule has 0 aliphatic heterocycles. The molecule has 3 rings (SSSR count). The maximum atomic E-state index is 13.6. The summed E-state index contributed by atoms with van der Waals surface area (Å²) in [5.41, 5.74) is 0.405. The van der Waals surface area contributed by atoms with E-state index in [1.807, 2.05) is 19.9 Å². The normalized spacial score (nSPS) is 30.1. The van der Waals surface area contributed by atoms with Gasteiger partial charge in [-0.15, -0.1) is 0 Å². The molecule has 0 amide bonds. The molecule has 4 nitrogen and oxygen atoms in total. The second kappa shape index (κ2) is 6.73. The summed E-state index contributed by atoms with van der Waals surface area (Å²) in [6, 6.07) is 3.46. The summed E-state index contributed by atoms with van der Waals surface area (Å²) < 4.78 is 6.04. The van der Waals surface area contributed by atoms with Crippen molar-refractivity contribution in [1.29, 1.82) is 0 Å². The monoisotopic (exact) mass is 444 g/mol. The molecule has 1 N–H and O–H groups in total. The number of carbonyl (C=O) groups excluding carboxylic acids is 2. The zero-order chi connectivity index (χ0) is 21.0. The number of phenols is 1. The van der Waals surface area contributed by atoms with Crippen molar-refractivity contribution in [3.63, 3.8) is 0 Å². The van der Waals surface area contributed by atoms with Crippen molar-refractivity contribution in [3.05, 3.63) is 57.6 Å².